The van der Waals surface area contributed by atoms with E-state index in [1.165, 1.54) is 6.42 Å². The average Bonchev–Trinajstić information content (AvgIpc) is 2.90. The lowest BCUT2D eigenvalue weighted by atomic mass is 9.64. The molecular weight excluding hydrogens is 222 g/mol. The second-order valence-corrected chi connectivity index (χ2v) is 5.72. The lowest BCUT2D eigenvalue weighted by Gasteiger charge is -2.40. The van der Waals surface area contributed by atoms with Crippen LogP contribution in [0.15, 0.2) is 12.2 Å². The van der Waals surface area contributed by atoms with E-state index in [1.54, 1.807) is 0 Å². The van der Waals surface area contributed by atoms with Crippen LogP contribution in [-0.2, 0) is 0 Å². The summed E-state index contributed by atoms with van der Waals surface area (Å²) < 4.78 is 0. The second-order valence-electron chi connectivity index (χ2n) is 5.72. The van der Waals surface area contributed by atoms with Crippen LogP contribution in [0, 0.1) is 40.9 Å². The van der Waals surface area contributed by atoms with Gasteiger partial charge in [-0.25, -0.2) is 0 Å². The predicted molar refractivity (Wildman–Crippen MR) is 65.4 cm³/mol. The fourth-order valence-corrected chi connectivity index (χ4v) is 4.45. The highest BCUT2D eigenvalue weighted by atomic mass is 35.5. The van der Waals surface area contributed by atoms with Crippen molar-refractivity contribution in [1.82, 2.24) is 4.90 Å². The summed E-state index contributed by atoms with van der Waals surface area (Å²) in [5, 5.41) is 7.54. The molecule has 2 bridgehead atoms. The Morgan fingerprint density at radius 2 is 1.56 bits per heavy atom. The van der Waals surface area contributed by atoms with Crippen molar-refractivity contribution in [3.8, 4) is 0 Å². The van der Waals surface area contributed by atoms with Crippen LogP contribution in [0.2, 0.25) is 0 Å². The maximum absolute atomic E-state index is 7.54. The van der Waals surface area contributed by atoms with Crippen molar-refractivity contribution < 1.29 is 0 Å². The minimum atomic E-state index is 0. The van der Waals surface area contributed by atoms with E-state index in [9.17, 15) is 0 Å². The smallest absolute Gasteiger partial charge is 0.188 e. The molecule has 5 rings (SSSR count). The minimum absolute atomic E-state index is 0. The van der Waals surface area contributed by atoms with Crippen LogP contribution in [0.1, 0.15) is 6.42 Å². The number of guanidine groups is 1. The number of hydrogen-bond donors (Lipinski definition) is 2. The maximum atomic E-state index is 7.54. The number of nitrogens with zero attached hydrogens (tertiary/aromatic N) is 1. The summed E-state index contributed by atoms with van der Waals surface area (Å²) in [4.78, 5) is 2.08. The normalized spacial score (nSPS) is 50.6. The quantitative estimate of drug-likeness (QED) is 0.380. The molecule has 1 aliphatic heterocycles. The number of rotatable bonds is 0. The molecule has 3 fully saturated rings. The Labute approximate surface area is 102 Å². The maximum Gasteiger partial charge on any atom is 0.188 e. The van der Waals surface area contributed by atoms with E-state index in [2.05, 4.69) is 17.1 Å². The Morgan fingerprint density at radius 1 is 1.06 bits per heavy atom. The lowest BCUT2D eigenvalue weighted by Crippen LogP contribution is -2.37. The van der Waals surface area contributed by atoms with E-state index in [0.717, 1.165) is 48.6 Å². The summed E-state index contributed by atoms with van der Waals surface area (Å²) in [6.07, 6.45) is 6.39. The molecule has 1 heterocycles. The van der Waals surface area contributed by atoms with Gasteiger partial charge >= 0.3 is 0 Å². The third kappa shape index (κ3) is 1.12. The number of nitrogens with two attached hydrogens (primary N) is 1. The molecule has 2 saturated carbocycles. The second kappa shape index (κ2) is 3.16. The van der Waals surface area contributed by atoms with Gasteiger partial charge < -0.3 is 10.6 Å². The Balaban J connectivity index is 0.000000810. The predicted octanol–water partition coefficient (Wildman–Crippen LogP) is 1.30. The van der Waals surface area contributed by atoms with Gasteiger partial charge in [0, 0.05) is 13.1 Å². The van der Waals surface area contributed by atoms with Gasteiger partial charge in [-0.2, -0.15) is 0 Å². The molecule has 4 heteroatoms. The van der Waals surface area contributed by atoms with Gasteiger partial charge in [0.25, 0.3) is 0 Å². The Hall–Kier alpha value is -0.700. The van der Waals surface area contributed by atoms with Gasteiger partial charge in [-0.1, -0.05) is 12.2 Å². The fourth-order valence-electron chi connectivity index (χ4n) is 4.45. The third-order valence-electron chi connectivity index (χ3n) is 5.18. The highest BCUT2D eigenvalue weighted by molar-refractivity contribution is 5.85. The van der Waals surface area contributed by atoms with E-state index in [1.807, 2.05) is 0 Å². The van der Waals surface area contributed by atoms with Crippen molar-refractivity contribution in [3.05, 3.63) is 12.2 Å². The molecule has 0 aromatic rings. The van der Waals surface area contributed by atoms with Crippen molar-refractivity contribution in [2.24, 2.45) is 41.2 Å². The van der Waals surface area contributed by atoms with Crippen molar-refractivity contribution >= 4 is 18.4 Å². The Kier molecular flexibility index (Phi) is 2.06. The van der Waals surface area contributed by atoms with Gasteiger partial charge in [-0.3, -0.25) is 5.41 Å². The van der Waals surface area contributed by atoms with Gasteiger partial charge in [0.1, 0.15) is 0 Å². The van der Waals surface area contributed by atoms with Gasteiger partial charge in [0.15, 0.2) is 5.96 Å². The summed E-state index contributed by atoms with van der Waals surface area (Å²) in [6.45, 7) is 2.07. The average molecular weight is 240 g/mol. The fraction of sp³-hybridized carbons (Fsp3) is 0.750. The zero-order valence-corrected chi connectivity index (χ0v) is 9.99. The molecular formula is C12H18ClN3. The van der Waals surface area contributed by atoms with Crippen LogP contribution in [0.4, 0.5) is 0 Å². The molecule has 4 aliphatic carbocycles. The molecule has 3 N–H and O–H groups in total. The van der Waals surface area contributed by atoms with E-state index in [4.69, 9.17) is 11.1 Å². The molecule has 88 valence electrons. The number of allylic oxidation sites excluding steroid dienone is 2. The van der Waals surface area contributed by atoms with Crippen LogP contribution in [0.25, 0.3) is 0 Å². The molecule has 1 saturated heterocycles. The number of nitrogens with one attached hydrogen (secondary N) is 1. The largest absolute Gasteiger partial charge is 0.370 e. The number of hydrogen-bond acceptors (Lipinski definition) is 1. The monoisotopic (exact) mass is 239 g/mol. The highest BCUT2D eigenvalue weighted by Gasteiger charge is 2.61. The molecule has 6 atom stereocenters. The molecule has 0 amide bonds. The molecule has 0 aromatic heterocycles. The molecule has 0 radical (unpaired) electrons. The van der Waals surface area contributed by atoms with Gasteiger partial charge in [0.2, 0.25) is 0 Å². The highest BCUT2D eigenvalue weighted by Crippen LogP contribution is 2.64. The summed E-state index contributed by atoms with van der Waals surface area (Å²) in [5.41, 5.74) is 5.60. The third-order valence-corrected chi connectivity index (χ3v) is 5.18. The van der Waals surface area contributed by atoms with E-state index in [0.29, 0.717) is 0 Å². The first-order valence-electron chi connectivity index (χ1n) is 6.03. The van der Waals surface area contributed by atoms with E-state index >= 15 is 0 Å². The van der Waals surface area contributed by atoms with Gasteiger partial charge in [-0.05, 0) is 41.9 Å². The Bertz CT molecular complexity index is 341. The van der Waals surface area contributed by atoms with Gasteiger partial charge in [0.05, 0.1) is 0 Å². The van der Waals surface area contributed by atoms with Crippen molar-refractivity contribution in [2.45, 2.75) is 6.42 Å². The standard InChI is InChI=1S/C12H17N3.ClH/c13-12(14)15-4-10-6-1-2-7(11(10)5-15)9-3-8(6)9;/h1-2,6-11H,3-5H2,(H3,13,14);1H. The summed E-state index contributed by atoms with van der Waals surface area (Å²) in [7, 11) is 0. The summed E-state index contributed by atoms with van der Waals surface area (Å²) in [5.74, 6) is 5.49. The molecule has 6 unspecified atom stereocenters. The summed E-state index contributed by atoms with van der Waals surface area (Å²) in [6, 6.07) is 0. The van der Waals surface area contributed by atoms with Crippen molar-refractivity contribution in [3.63, 3.8) is 0 Å². The zero-order chi connectivity index (χ0) is 10.2. The van der Waals surface area contributed by atoms with Crippen LogP contribution in [0.5, 0.6) is 0 Å². The first kappa shape index (κ1) is 10.5. The van der Waals surface area contributed by atoms with E-state index < -0.39 is 0 Å². The number of likely N-dealkylation sites (tertiary alicyclic amines) is 1. The SMILES string of the molecule is Cl.N=C(N)N1CC2C3C=CC(C4CC34)C2C1. The first-order chi connectivity index (χ1) is 7.25. The van der Waals surface area contributed by atoms with Gasteiger partial charge in [-0.15, -0.1) is 12.4 Å². The first-order valence-corrected chi connectivity index (χ1v) is 6.03. The molecule has 5 aliphatic rings. The summed E-state index contributed by atoms with van der Waals surface area (Å²) >= 11 is 0. The number of halogens is 1. The Morgan fingerprint density at radius 3 is 2.00 bits per heavy atom. The topological polar surface area (TPSA) is 53.1 Å². The van der Waals surface area contributed by atoms with Crippen molar-refractivity contribution in [1.29, 1.82) is 5.41 Å². The molecule has 0 spiro atoms. The minimum Gasteiger partial charge on any atom is -0.370 e. The van der Waals surface area contributed by atoms with Crippen LogP contribution < -0.4 is 5.73 Å². The molecule has 16 heavy (non-hydrogen) atoms. The molecule has 3 nitrogen and oxygen atoms in total. The lowest BCUT2D eigenvalue weighted by molar-refractivity contribution is 0.156. The van der Waals surface area contributed by atoms with Crippen molar-refractivity contribution in [2.75, 3.05) is 13.1 Å². The van der Waals surface area contributed by atoms with Crippen LogP contribution in [-0.4, -0.2) is 23.9 Å². The zero-order valence-electron chi connectivity index (χ0n) is 9.17. The van der Waals surface area contributed by atoms with Crippen LogP contribution in [0.3, 0.4) is 0 Å². The van der Waals surface area contributed by atoms with Crippen LogP contribution >= 0.6 is 12.4 Å². The van der Waals surface area contributed by atoms with E-state index in [-0.39, 0.29) is 18.4 Å². The molecule has 0 aromatic carbocycles.